The van der Waals surface area contributed by atoms with E-state index in [9.17, 15) is 0 Å². The van der Waals surface area contributed by atoms with E-state index in [4.69, 9.17) is 5.73 Å². The van der Waals surface area contributed by atoms with Crippen LogP contribution in [0.5, 0.6) is 0 Å². The number of halogens is 1. The van der Waals surface area contributed by atoms with Crippen molar-refractivity contribution >= 4 is 15.9 Å². The minimum atomic E-state index is 0.557. The monoisotopic (exact) mass is 282 g/mol. The van der Waals surface area contributed by atoms with Crippen LogP contribution in [0, 0.1) is 6.92 Å². The molecule has 2 rings (SSSR count). The maximum absolute atomic E-state index is 5.68. The predicted octanol–water partition coefficient (Wildman–Crippen LogP) is 1.80. The Labute approximate surface area is 103 Å². The molecule has 2 aromatic rings. The molecule has 2 N–H and O–H groups in total. The third-order valence-corrected chi connectivity index (χ3v) is 3.75. The Hall–Kier alpha value is -1.07. The van der Waals surface area contributed by atoms with E-state index < -0.39 is 0 Å². The highest BCUT2D eigenvalue weighted by Crippen LogP contribution is 2.21. The first-order valence-electron chi connectivity index (χ1n) is 5.15. The lowest BCUT2D eigenvalue weighted by Gasteiger charge is -2.08. The van der Waals surface area contributed by atoms with Crippen LogP contribution < -0.4 is 5.73 Å². The number of rotatable bonds is 3. The average Bonchev–Trinajstić information content (AvgIpc) is 2.79. The van der Waals surface area contributed by atoms with Crippen LogP contribution in [0.3, 0.4) is 0 Å². The van der Waals surface area contributed by atoms with Crippen molar-refractivity contribution in [2.24, 2.45) is 12.8 Å². The van der Waals surface area contributed by atoms with E-state index in [1.54, 1.807) is 0 Å². The minimum Gasteiger partial charge on any atom is -0.344 e. The van der Waals surface area contributed by atoms with Crippen molar-refractivity contribution < 1.29 is 0 Å². The van der Waals surface area contributed by atoms with Crippen molar-refractivity contribution in [3.8, 4) is 0 Å². The molecule has 0 saturated carbocycles. The molecule has 0 radical (unpaired) electrons. The molecule has 86 valence electrons. The quantitative estimate of drug-likeness (QED) is 0.933. The summed E-state index contributed by atoms with van der Waals surface area (Å²) in [4.78, 5) is 0. The Bertz CT molecular complexity index is 498. The highest BCUT2D eigenvalue weighted by atomic mass is 79.9. The molecule has 5 heteroatoms. The Morgan fingerprint density at radius 1 is 1.50 bits per heavy atom. The molecule has 0 bridgehead atoms. The zero-order valence-electron chi connectivity index (χ0n) is 9.44. The van der Waals surface area contributed by atoms with Crippen LogP contribution in [-0.2, 0) is 20.1 Å². The van der Waals surface area contributed by atoms with Crippen molar-refractivity contribution in [1.29, 1.82) is 0 Å². The van der Waals surface area contributed by atoms with Crippen LogP contribution in [0.4, 0.5) is 0 Å². The van der Waals surface area contributed by atoms with Gasteiger partial charge in [-0.25, -0.2) is 0 Å². The maximum Gasteiger partial charge on any atom is 0.0739 e. The van der Waals surface area contributed by atoms with Gasteiger partial charge in [0.05, 0.1) is 22.4 Å². The summed E-state index contributed by atoms with van der Waals surface area (Å²) in [5, 5.41) is 4.37. The van der Waals surface area contributed by atoms with E-state index in [0.717, 1.165) is 28.1 Å². The van der Waals surface area contributed by atoms with E-state index in [1.807, 2.05) is 37.0 Å². The molecule has 0 atom stereocenters. The summed E-state index contributed by atoms with van der Waals surface area (Å²) >= 11 is 3.57. The molecule has 0 aliphatic rings. The molecule has 16 heavy (non-hydrogen) atoms. The summed E-state index contributed by atoms with van der Waals surface area (Å²) in [6.45, 7) is 3.34. The van der Waals surface area contributed by atoms with Gasteiger partial charge in [0, 0.05) is 25.5 Å². The number of hydrogen-bond acceptors (Lipinski definition) is 2. The van der Waals surface area contributed by atoms with Gasteiger partial charge in [0.1, 0.15) is 0 Å². The van der Waals surface area contributed by atoms with E-state index in [2.05, 4.69) is 25.6 Å². The second kappa shape index (κ2) is 4.43. The fourth-order valence-electron chi connectivity index (χ4n) is 1.80. The topological polar surface area (TPSA) is 48.8 Å². The van der Waals surface area contributed by atoms with Gasteiger partial charge in [-0.3, -0.25) is 4.68 Å². The summed E-state index contributed by atoms with van der Waals surface area (Å²) in [5.74, 6) is 0. The Kier molecular flexibility index (Phi) is 3.16. The van der Waals surface area contributed by atoms with Gasteiger partial charge in [0.15, 0.2) is 0 Å². The lowest BCUT2D eigenvalue weighted by Crippen LogP contribution is -2.10. The molecule has 0 aliphatic heterocycles. The molecule has 2 heterocycles. The smallest absolute Gasteiger partial charge is 0.0739 e. The maximum atomic E-state index is 5.68. The Morgan fingerprint density at radius 2 is 2.25 bits per heavy atom. The Morgan fingerprint density at radius 3 is 2.81 bits per heavy atom. The average molecular weight is 283 g/mol. The second-order valence-electron chi connectivity index (χ2n) is 3.80. The number of nitrogens with two attached hydrogens (primary N) is 1. The summed E-state index contributed by atoms with van der Waals surface area (Å²) in [6, 6.07) is 4.05. The number of nitrogens with zero attached hydrogens (tertiary/aromatic N) is 3. The summed E-state index contributed by atoms with van der Waals surface area (Å²) in [5.41, 5.74) is 8.97. The molecule has 4 nitrogen and oxygen atoms in total. The van der Waals surface area contributed by atoms with Crippen LogP contribution >= 0.6 is 15.9 Å². The fraction of sp³-hybridized carbons (Fsp3) is 0.364. The summed E-state index contributed by atoms with van der Waals surface area (Å²) in [6.07, 6.45) is 2.04. The third-order valence-electron chi connectivity index (χ3n) is 2.71. The van der Waals surface area contributed by atoms with Crippen LogP contribution in [0.2, 0.25) is 0 Å². The van der Waals surface area contributed by atoms with Gasteiger partial charge < -0.3 is 10.3 Å². The predicted molar refractivity (Wildman–Crippen MR) is 67.1 cm³/mol. The van der Waals surface area contributed by atoms with Gasteiger partial charge in [-0.05, 0) is 35.0 Å². The zero-order chi connectivity index (χ0) is 11.7. The van der Waals surface area contributed by atoms with Gasteiger partial charge in [-0.2, -0.15) is 5.10 Å². The van der Waals surface area contributed by atoms with Gasteiger partial charge in [-0.1, -0.05) is 0 Å². The number of hydrogen-bond donors (Lipinski definition) is 1. The molecule has 0 aromatic carbocycles. The molecular formula is C11H15BrN4. The van der Waals surface area contributed by atoms with Crippen molar-refractivity contribution in [1.82, 2.24) is 14.3 Å². The fourth-order valence-corrected chi connectivity index (χ4v) is 2.26. The van der Waals surface area contributed by atoms with Gasteiger partial charge in [0.25, 0.3) is 0 Å². The van der Waals surface area contributed by atoms with Crippen LogP contribution in [0.25, 0.3) is 0 Å². The van der Waals surface area contributed by atoms with Crippen molar-refractivity contribution in [3.05, 3.63) is 39.9 Å². The molecule has 0 unspecified atom stereocenters. The summed E-state index contributed by atoms with van der Waals surface area (Å²) < 4.78 is 5.12. The number of aryl methyl sites for hydroxylation is 2. The van der Waals surface area contributed by atoms with Crippen LogP contribution in [0.1, 0.15) is 17.1 Å². The van der Waals surface area contributed by atoms with E-state index in [-0.39, 0.29) is 0 Å². The van der Waals surface area contributed by atoms with Crippen LogP contribution in [0.15, 0.2) is 22.8 Å². The van der Waals surface area contributed by atoms with Crippen molar-refractivity contribution in [2.75, 3.05) is 0 Å². The van der Waals surface area contributed by atoms with Gasteiger partial charge >= 0.3 is 0 Å². The first kappa shape index (κ1) is 11.4. The third kappa shape index (κ3) is 1.92. The first-order chi connectivity index (χ1) is 7.63. The molecule has 0 fully saturated rings. The van der Waals surface area contributed by atoms with Gasteiger partial charge in [0.2, 0.25) is 0 Å². The largest absolute Gasteiger partial charge is 0.344 e. The SMILES string of the molecule is Cc1nn(C)c(Cn2cccc2CN)c1Br. The normalized spacial score (nSPS) is 11.0. The lowest BCUT2D eigenvalue weighted by molar-refractivity contribution is 0.647. The van der Waals surface area contributed by atoms with E-state index in [1.165, 1.54) is 0 Å². The molecular weight excluding hydrogens is 268 g/mol. The van der Waals surface area contributed by atoms with E-state index >= 15 is 0 Å². The minimum absolute atomic E-state index is 0.557. The van der Waals surface area contributed by atoms with E-state index in [0.29, 0.717) is 6.54 Å². The molecule has 2 aromatic heterocycles. The first-order valence-corrected chi connectivity index (χ1v) is 5.95. The standard InChI is InChI=1S/C11H15BrN4/c1-8-11(12)10(15(2)14-8)7-16-5-3-4-9(16)6-13/h3-5H,6-7,13H2,1-2H3. The lowest BCUT2D eigenvalue weighted by atomic mass is 10.3. The molecule has 0 aliphatic carbocycles. The molecule has 0 spiro atoms. The second-order valence-corrected chi connectivity index (χ2v) is 4.59. The zero-order valence-corrected chi connectivity index (χ0v) is 11.0. The molecule has 0 amide bonds. The van der Waals surface area contributed by atoms with Gasteiger partial charge in [-0.15, -0.1) is 0 Å². The highest BCUT2D eigenvalue weighted by Gasteiger charge is 2.11. The summed E-state index contributed by atoms with van der Waals surface area (Å²) in [7, 11) is 1.96. The highest BCUT2D eigenvalue weighted by molar-refractivity contribution is 9.10. The van der Waals surface area contributed by atoms with Crippen molar-refractivity contribution in [3.63, 3.8) is 0 Å². The molecule has 0 saturated heterocycles. The van der Waals surface area contributed by atoms with Crippen LogP contribution in [-0.4, -0.2) is 14.3 Å². The number of aromatic nitrogens is 3. The van der Waals surface area contributed by atoms with Crippen molar-refractivity contribution in [2.45, 2.75) is 20.0 Å². The Balaban J connectivity index is 2.34.